The largest absolute Gasteiger partial charge is 0.445 e. The molecule has 1 aromatic carbocycles. The summed E-state index contributed by atoms with van der Waals surface area (Å²) in [6.45, 7) is 12.4. The Hall–Kier alpha value is -2.28. The number of piperidine rings is 1. The van der Waals surface area contributed by atoms with Gasteiger partial charge in [-0.05, 0) is 59.9 Å². The smallest absolute Gasteiger partial charge is 0.434 e. The van der Waals surface area contributed by atoms with Gasteiger partial charge in [0.1, 0.15) is 12.2 Å². The van der Waals surface area contributed by atoms with Gasteiger partial charge in [0.25, 0.3) is 0 Å². The highest BCUT2D eigenvalue weighted by molar-refractivity contribution is 5.68. The maximum absolute atomic E-state index is 12.7. The standard InChI is InChI=1S/C22H34N2O5/c1-21(2,3)28-20(26)24(29-22(4,5)6)18-12-14-23(15-13-18)19(25)27-16-17-10-8-7-9-11-17/h7-11,18H,12-16H2,1-6H3. The van der Waals surface area contributed by atoms with Crippen molar-refractivity contribution in [2.45, 2.75) is 78.2 Å². The number of hydrogen-bond acceptors (Lipinski definition) is 5. The fraction of sp³-hybridized carbons (Fsp3) is 0.636. The van der Waals surface area contributed by atoms with E-state index < -0.39 is 17.3 Å². The molecule has 1 aliphatic heterocycles. The highest BCUT2D eigenvalue weighted by Crippen LogP contribution is 2.24. The predicted octanol–water partition coefficient (Wildman–Crippen LogP) is 4.75. The number of ether oxygens (including phenoxy) is 2. The van der Waals surface area contributed by atoms with Crippen LogP contribution in [0.15, 0.2) is 30.3 Å². The van der Waals surface area contributed by atoms with Gasteiger partial charge in [-0.2, -0.15) is 5.06 Å². The van der Waals surface area contributed by atoms with Crippen LogP contribution in [0, 0.1) is 0 Å². The minimum atomic E-state index is -0.613. The summed E-state index contributed by atoms with van der Waals surface area (Å²) in [5.41, 5.74) is -0.202. The molecule has 2 amide bonds. The first-order valence-corrected chi connectivity index (χ1v) is 10.1. The van der Waals surface area contributed by atoms with E-state index in [1.807, 2.05) is 71.9 Å². The van der Waals surface area contributed by atoms with Gasteiger partial charge in [0.15, 0.2) is 0 Å². The molecule has 0 radical (unpaired) electrons. The molecule has 1 saturated heterocycles. The summed E-state index contributed by atoms with van der Waals surface area (Å²) in [5, 5.41) is 1.35. The second-order valence-electron chi connectivity index (χ2n) is 9.27. The zero-order valence-corrected chi connectivity index (χ0v) is 18.4. The van der Waals surface area contributed by atoms with Gasteiger partial charge in [0.2, 0.25) is 0 Å². The summed E-state index contributed by atoms with van der Waals surface area (Å²) in [7, 11) is 0. The summed E-state index contributed by atoms with van der Waals surface area (Å²) in [5.74, 6) is 0. The third-order valence-corrected chi connectivity index (χ3v) is 4.21. The number of nitrogens with zero attached hydrogens (tertiary/aromatic N) is 2. The monoisotopic (exact) mass is 406 g/mol. The molecule has 1 heterocycles. The summed E-state index contributed by atoms with van der Waals surface area (Å²) in [6.07, 6.45) is 0.344. The highest BCUT2D eigenvalue weighted by atomic mass is 16.7. The molecule has 0 aliphatic carbocycles. The first-order chi connectivity index (χ1) is 13.4. The Morgan fingerprint density at radius 1 is 1.00 bits per heavy atom. The molecule has 0 aromatic heterocycles. The Kier molecular flexibility index (Phi) is 7.52. The van der Waals surface area contributed by atoms with Gasteiger partial charge in [0, 0.05) is 13.1 Å². The minimum absolute atomic E-state index is 0.165. The molecule has 0 atom stereocenters. The number of carbonyl (C=O) groups is 2. The van der Waals surface area contributed by atoms with Crippen LogP contribution in [0.5, 0.6) is 0 Å². The lowest BCUT2D eigenvalue weighted by atomic mass is 10.1. The zero-order valence-electron chi connectivity index (χ0n) is 18.4. The average molecular weight is 407 g/mol. The van der Waals surface area contributed by atoms with Crippen molar-refractivity contribution in [2.75, 3.05) is 13.1 Å². The molecule has 2 rings (SSSR count). The molecule has 1 aromatic rings. The van der Waals surface area contributed by atoms with Crippen LogP contribution >= 0.6 is 0 Å². The van der Waals surface area contributed by atoms with Crippen molar-refractivity contribution in [3.05, 3.63) is 35.9 Å². The second kappa shape index (κ2) is 9.48. The van der Waals surface area contributed by atoms with Gasteiger partial charge < -0.3 is 14.4 Å². The lowest BCUT2D eigenvalue weighted by Crippen LogP contribution is -2.52. The van der Waals surface area contributed by atoms with Crippen molar-refractivity contribution in [3.8, 4) is 0 Å². The number of hydrogen-bond donors (Lipinski definition) is 0. The van der Waals surface area contributed by atoms with Crippen LogP contribution in [0.3, 0.4) is 0 Å². The molecule has 1 aliphatic rings. The molecule has 7 nitrogen and oxygen atoms in total. The molecule has 29 heavy (non-hydrogen) atoms. The first kappa shape index (κ1) is 23.0. The summed E-state index contributed by atoms with van der Waals surface area (Å²) < 4.78 is 10.9. The van der Waals surface area contributed by atoms with Crippen LogP contribution in [0.1, 0.15) is 59.9 Å². The van der Waals surface area contributed by atoms with Gasteiger partial charge in [-0.25, -0.2) is 9.59 Å². The summed E-state index contributed by atoms with van der Waals surface area (Å²) >= 11 is 0. The van der Waals surface area contributed by atoms with Crippen molar-refractivity contribution < 1.29 is 23.9 Å². The Morgan fingerprint density at radius 2 is 1.59 bits per heavy atom. The molecule has 7 heteroatoms. The second-order valence-corrected chi connectivity index (χ2v) is 9.27. The number of hydroxylamine groups is 2. The molecule has 0 saturated carbocycles. The third kappa shape index (κ3) is 7.93. The molecular weight excluding hydrogens is 372 g/mol. The molecule has 0 spiro atoms. The normalized spacial score (nSPS) is 15.7. The SMILES string of the molecule is CC(C)(C)OC(=O)N(OC(C)(C)C)C1CCN(C(=O)OCc2ccccc2)CC1. The van der Waals surface area contributed by atoms with Gasteiger partial charge in [-0.15, -0.1) is 0 Å². The van der Waals surface area contributed by atoms with Crippen LogP contribution in [0.25, 0.3) is 0 Å². The van der Waals surface area contributed by atoms with Gasteiger partial charge in [-0.3, -0.25) is 4.84 Å². The fourth-order valence-electron chi connectivity index (χ4n) is 2.96. The third-order valence-electron chi connectivity index (χ3n) is 4.21. The molecule has 1 fully saturated rings. The molecule has 0 bridgehead atoms. The van der Waals surface area contributed by atoms with E-state index in [1.54, 1.807) is 4.90 Å². The number of benzene rings is 1. The van der Waals surface area contributed by atoms with Crippen molar-refractivity contribution >= 4 is 12.2 Å². The van der Waals surface area contributed by atoms with Crippen LogP contribution in [-0.2, 0) is 20.9 Å². The van der Waals surface area contributed by atoms with Crippen LogP contribution in [-0.4, -0.2) is 52.5 Å². The Bertz CT molecular complexity index is 671. The molecule has 162 valence electrons. The molecular formula is C22H34N2O5. The maximum Gasteiger partial charge on any atom is 0.434 e. The maximum atomic E-state index is 12.7. The first-order valence-electron chi connectivity index (χ1n) is 10.1. The lowest BCUT2D eigenvalue weighted by Gasteiger charge is -2.40. The lowest BCUT2D eigenvalue weighted by molar-refractivity contribution is -0.234. The number of rotatable bonds is 4. The number of amides is 2. The predicted molar refractivity (Wildman–Crippen MR) is 110 cm³/mol. The highest BCUT2D eigenvalue weighted by Gasteiger charge is 2.36. The minimum Gasteiger partial charge on any atom is -0.445 e. The van der Waals surface area contributed by atoms with Crippen molar-refractivity contribution in [1.29, 1.82) is 0 Å². The van der Waals surface area contributed by atoms with E-state index in [1.165, 1.54) is 5.06 Å². The van der Waals surface area contributed by atoms with Crippen LogP contribution < -0.4 is 0 Å². The fourth-order valence-corrected chi connectivity index (χ4v) is 2.96. The molecule has 0 N–H and O–H groups in total. The van der Waals surface area contributed by atoms with Crippen LogP contribution in [0.4, 0.5) is 9.59 Å². The van der Waals surface area contributed by atoms with Gasteiger partial charge in [-0.1, -0.05) is 30.3 Å². The van der Waals surface area contributed by atoms with Gasteiger partial charge in [0.05, 0.1) is 11.6 Å². The van der Waals surface area contributed by atoms with Crippen molar-refractivity contribution in [3.63, 3.8) is 0 Å². The van der Waals surface area contributed by atoms with Crippen molar-refractivity contribution in [1.82, 2.24) is 9.96 Å². The number of carbonyl (C=O) groups excluding carboxylic acids is 2. The molecule has 0 unspecified atom stereocenters. The van der Waals surface area contributed by atoms with Gasteiger partial charge >= 0.3 is 12.2 Å². The van der Waals surface area contributed by atoms with Crippen LogP contribution in [0.2, 0.25) is 0 Å². The van der Waals surface area contributed by atoms with Crippen molar-refractivity contribution in [2.24, 2.45) is 0 Å². The number of likely N-dealkylation sites (tertiary alicyclic amines) is 1. The quantitative estimate of drug-likeness (QED) is 0.675. The van der Waals surface area contributed by atoms with E-state index in [9.17, 15) is 9.59 Å². The van der Waals surface area contributed by atoms with E-state index >= 15 is 0 Å². The zero-order chi connectivity index (χ0) is 21.7. The average Bonchev–Trinajstić information content (AvgIpc) is 2.63. The Balaban J connectivity index is 1.92. The van der Waals surface area contributed by atoms with E-state index in [-0.39, 0.29) is 18.7 Å². The Labute approximate surface area is 173 Å². The van der Waals surface area contributed by atoms with E-state index in [2.05, 4.69) is 0 Å². The van der Waals surface area contributed by atoms with E-state index in [4.69, 9.17) is 14.3 Å². The van der Waals surface area contributed by atoms with E-state index in [0.717, 1.165) is 5.56 Å². The Morgan fingerprint density at radius 3 is 2.10 bits per heavy atom. The summed E-state index contributed by atoms with van der Waals surface area (Å²) in [6, 6.07) is 9.42. The van der Waals surface area contributed by atoms with E-state index in [0.29, 0.717) is 25.9 Å². The summed E-state index contributed by atoms with van der Waals surface area (Å²) in [4.78, 5) is 32.6. The topological polar surface area (TPSA) is 68.3 Å².